The predicted octanol–water partition coefficient (Wildman–Crippen LogP) is 17.7. The number of rotatable bonds is 12. The number of nitrogens with zero attached hydrogens (tertiary/aromatic N) is 24. The zero-order chi connectivity index (χ0) is 83.2. The molecule has 606 valence electrons. The van der Waals surface area contributed by atoms with Crippen molar-refractivity contribution < 1.29 is 28.6 Å². The summed E-state index contributed by atoms with van der Waals surface area (Å²) in [5, 5.41) is 13.8. The minimum absolute atomic E-state index is 0.135. The summed E-state index contributed by atoms with van der Waals surface area (Å²) in [6.07, 6.45) is 21.0. The summed E-state index contributed by atoms with van der Waals surface area (Å²) in [5.41, 5.74) is 44.4. The second-order valence-electron chi connectivity index (χ2n) is 32.6. The van der Waals surface area contributed by atoms with Gasteiger partial charge in [0, 0.05) is 162 Å². The third-order valence-corrected chi connectivity index (χ3v) is 21.6. The first-order valence-corrected chi connectivity index (χ1v) is 39.6. The molecule has 30 nitrogen and oxygen atoms in total. The highest BCUT2D eigenvalue weighted by molar-refractivity contribution is 6.31. The summed E-state index contributed by atoms with van der Waals surface area (Å²) >= 11 is 13.1. The number of benzene rings is 3. The van der Waals surface area contributed by atoms with Crippen LogP contribution in [-0.4, -0.2) is 187 Å². The van der Waals surface area contributed by atoms with Gasteiger partial charge in [0.2, 0.25) is 0 Å². The van der Waals surface area contributed by atoms with Gasteiger partial charge in [-0.05, 0) is 213 Å². The van der Waals surface area contributed by atoms with Crippen LogP contribution < -0.4 is 0 Å². The van der Waals surface area contributed by atoms with Crippen molar-refractivity contribution in [3.63, 3.8) is 0 Å². The monoisotopic (exact) mass is 1620 g/mol. The predicted molar refractivity (Wildman–Crippen MR) is 449 cm³/mol. The van der Waals surface area contributed by atoms with Crippen molar-refractivity contribution in [2.75, 3.05) is 78.5 Å². The molecule has 0 saturated carbocycles. The second kappa shape index (κ2) is 35.3. The molecule has 3 aromatic carbocycles. The minimum Gasteiger partial charge on any atom is -0.444 e. The smallest absolute Gasteiger partial charge is 0.410 e. The van der Waals surface area contributed by atoms with Gasteiger partial charge >= 0.3 is 18.3 Å². The average Bonchev–Trinajstić information content (AvgIpc) is 1.64. The van der Waals surface area contributed by atoms with Gasteiger partial charge in [-0.3, -0.25) is 29.7 Å². The van der Waals surface area contributed by atoms with Gasteiger partial charge in [-0.1, -0.05) is 92.6 Å². The molecule has 0 N–H and O–H groups in total. The summed E-state index contributed by atoms with van der Waals surface area (Å²) in [6.45, 7) is 26.1. The normalized spacial score (nSPS) is 18.2. The van der Waals surface area contributed by atoms with Gasteiger partial charge < -0.3 is 42.6 Å². The topological polar surface area (TPSA) is 337 Å². The van der Waals surface area contributed by atoms with Crippen molar-refractivity contribution >= 4 is 76.4 Å². The summed E-state index contributed by atoms with van der Waals surface area (Å²) < 4.78 is 22.4. The molecule has 3 aliphatic carbocycles. The van der Waals surface area contributed by atoms with Crippen LogP contribution in [0.4, 0.5) is 14.4 Å². The minimum atomic E-state index is -0.629. The van der Waals surface area contributed by atoms with Crippen molar-refractivity contribution in [3.8, 4) is 0 Å². The molecular formula is C85H96Cl2N24O6. The lowest BCUT2D eigenvalue weighted by Gasteiger charge is -2.40. The summed E-state index contributed by atoms with van der Waals surface area (Å²) in [4.78, 5) is 87.4. The van der Waals surface area contributed by atoms with Gasteiger partial charge in [-0.15, -0.1) is 0 Å². The van der Waals surface area contributed by atoms with E-state index in [2.05, 4.69) is 97.0 Å². The quantitative estimate of drug-likeness (QED) is 0.0475. The number of carbonyl (C=O) groups excluding carboxylic acids is 3. The van der Waals surface area contributed by atoms with Crippen LogP contribution in [0.3, 0.4) is 0 Å². The summed E-state index contributed by atoms with van der Waals surface area (Å²) in [6, 6.07) is 27.6. The molecule has 6 atom stereocenters. The maximum Gasteiger partial charge on any atom is 0.410 e. The Bertz CT molecular complexity index is 4910. The van der Waals surface area contributed by atoms with E-state index in [0.717, 1.165) is 107 Å². The Balaban J connectivity index is 0.000000152. The molecule has 0 radical (unpaired) electrons. The van der Waals surface area contributed by atoms with Crippen LogP contribution in [-0.2, 0) is 35.4 Å². The SMILES string of the molecule is Cc1ccc2c(c1)C([C@H](N=[N+]=[N-])c1cncn1C)=Cc1cccnc1[C@H]2N1CCN(C(=O)OC(C)(C)C)CC1.Cn1cncc1C(N=[N+]=[N-])C1=Cc2cccnc2[C@@H](N2CCN(C(=O)OC(C)(C)C)CC2)c2ccc(Cl)cc21.Cn1cncc1[C@H](N=[N+]=[N-])C1=Cc2cccnc2[C@@H](N2CCN(C(=O)OC(C)(C)C)CC2)c2ccc(Cl)cc21. The van der Waals surface area contributed by atoms with E-state index < -0.39 is 34.9 Å². The van der Waals surface area contributed by atoms with Crippen molar-refractivity contribution in [2.24, 2.45) is 36.5 Å². The van der Waals surface area contributed by atoms with Gasteiger partial charge in [0.05, 0.1) is 71.3 Å². The Kier molecular flexibility index (Phi) is 25.1. The Morgan fingerprint density at radius 3 is 0.974 bits per heavy atom. The van der Waals surface area contributed by atoms with E-state index in [4.69, 9.17) is 52.4 Å². The first-order chi connectivity index (χ1) is 56.0. The number of ether oxygens (including phenoxy) is 3. The first kappa shape index (κ1) is 83.1. The summed E-state index contributed by atoms with van der Waals surface area (Å²) in [5.74, 6) is 0. The van der Waals surface area contributed by atoms with Gasteiger partial charge in [-0.25, -0.2) is 29.3 Å². The number of hydrogen-bond acceptors (Lipinski definition) is 18. The van der Waals surface area contributed by atoms with E-state index in [-0.39, 0.29) is 36.4 Å². The largest absolute Gasteiger partial charge is 0.444 e. The Morgan fingerprint density at radius 1 is 0.427 bits per heavy atom. The maximum atomic E-state index is 12.7. The van der Waals surface area contributed by atoms with Crippen molar-refractivity contribution in [2.45, 2.75) is 122 Å². The van der Waals surface area contributed by atoms with E-state index in [0.29, 0.717) is 88.6 Å². The van der Waals surface area contributed by atoms with Gasteiger partial charge in [0.1, 0.15) is 34.9 Å². The van der Waals surface area contributed by atoms with Crippen LogP contribution >= 0.6 is 23.2 Å². The van der Waals surface area contributed by atoms with Crippen LogP contribution in [0.15, 0.2) is 163 Å². The average molecular weight is 1620 g/mol. The van der Waals surface area contributed by atoms with E-state index in [1.165, 1.54) is 0 Å². The number of imidazole rings is 3. The number of pyridine rings is 3. The van der Waals surface area contributed by atoms with Crippen LogP contribution in [0, 0.1) is 6.92 Å². The highest BCUT2D eigenvalue weighted by atomic mass is 35.5. The number of piperazine rings is 3. The Hall–Kier alpha value is -11.8. The van der Waals surface area contributed by atoms with E-state index in [1.807, 2.05) is 182 Å². The molecule has 15 rings (SSSR count). The number of carbonyl (C=O) groups is 3. The zero-order valence-corrected chi connectivity index (χ0v) is 69.5. The number of hydrogen-bond donors (Lipinski definition) is 0. The molecule has 3 amide bonds. The molecule has 32 heteroatoms. The fourth-order valence-corrected chi connectivity index (χ4v) is 16.2. The number of azide groups is 3. The van der Waals surface area contributed by atoms with Gasteiger partial charge in [-0.2, -0.15) is 0 Å². The highest BCUT2D eigenvalue weighted by Crippen LogP contribution is 2.50. The van der Waals surface area contributed by atoms with E-state index in [1.54, 1.807) is 64.7 Å². The molecule has 3 fully saturated rings. The number of aromatic nitrogens is 9. The number of fused-ring (bicyclic) bond motifs is 6. The van der Waals surface area contributed by atoms with Crippen LogP contribution in [0.2, 0.25) is 10.0 Å². The molecule has 0 bridgehead atoms. The molecule has 6 aliphatic rings. The number of halogens is 2. The highest BCUT2D eigenvalue weighted by Gasteiger charge is 2.41. The fraction of sp³-hybridized carbons (Fsp3) is 0.400. The lowest BCUT2D eigenvalue weighted by molar-refractivity contribution is 0.0109. The molecule has 3 aliphatic heterocycles. The maximum absolute atomic E-state index is 12.7. The standard InChI is InChI=1S/C29H34N8O2.2C28H31ClN8O2/c1-19-8-9-21-22(15-19)23(26(33-34-30)24-17-31-18-35(24)5)16-20-7-6-10-32-25(20)27(21)36-11-13-37(14-12-36)28(38)39-29(2,3)4;2*1-28(2,3)39-27(38)37-12-10-36(11-13-37)26-20-8-7-19(29)15-21(20)22(14-18-6-5-9-32-24(18)26)25(33-34-30)23-16-31-17-35(23)4/h6-10,15-18,26-27H,11-14H2,1-5H3;2*5-9,14-17,25-26H,10-13H2,1-4H3/t26-,27-;25?,26-;25-,26+/m001/s1. The van der Waals surface area contributed by atoms with Gasteiger partial charge in [0.15, 0.2) is 0 Å². The van der Waals surface area contributed by atoms with Gasteiger partial charge in [0.25, 0.3) is 0 Å². The zero-order valence-electron chi connectivity index (χ0n) is 68.0. The van der Waals surface area contributed by atoms with Crippen molar-refractivity contribution in [1.29, 1.82) is 0 Å². The molecule has 9 aromatic rings. The van der Waals surface area contributed by atoms with E-state index >= 15 is 0 Å². The first-order valence-electron chi connectivity index (χ1n) is 38.9. The number of aryl methyl sites for hydroxylation is 4. The lowest BCUT2D eigenvalue weighted by Crippen LogP contribution is -2.51. The lowest BCUT2D eigenvalue weighted by atomic mass is 9.89. The third kappa shape index (κ3) is 18.8. The third-order valence-electron chi connectivity index (χ3n) is 21.2. The van der Waals surface area contributed by atoms with Crippen LogP contribution in [0.25, 0.3) is 66.3 Å². The molecule has 3 saturated heterocycles. The van der Waals surface area contributed by atoms with Crippen LogP contribution in [0.5, 0.6) is 0 Å². The van der Waals surface area contributed by atoms with Crippen molar-refractivity contribution in [1.82, 2.24) is 73.0 Å². The Morgan fingerprint density at radius 2 is 0.709 bits per heavy atom. The fourth-order valence-electron chi connectivity index (χ4n) is 15.9. The molecule has 9 heterocycles. The molecule has 1 unspecified atom stereocenters. The molecule has 117 heavy (non-hydrogen) atoms. The molecule has 0 spiro atoms. The van der Waals surface area contributed by atoms with Crippen molar-refractivity contribution in [3.05, 3.63) is 278 Å². The summed E-state index contributed by atoms with van der Waals surface area (Å²) in [7, 11) is 5.65. The van der Waals surface area contributed by atoms with Crippen LogP contribution in [0.1, 0.15) is 188 Å². The Labute approximate surface area is 689 Å². The molecular weight excluding hydrogens is 1520 g/mol. The number of amides is 3. The second-order valence-corrected chi connectivity index (χ2v) is 33.5. The molecule has 6 aromatic heterocycles. The van der Waals surface area contributed by atoms with E-state index in [9.17, 15) is 31.0 Å².